The molecule has 18 heavy (non-hydrogen) atoms. The lowest BCUT2D eigenvalue weighted by Crippen LogP contribution is -2.50. The van der Waals surface area contributed by atoms with Crippen LogP contribution in [0.4, 0.5) is 0 Å². The zero-order chi connectivity index (χ0) is 13.0. The summed E-state index contributed by atoms with van der Waals surface area (Å²) < 4.78 is 0. The highest BCUT2D eigenvalue weighted by molar-refractivity contribution is 7.09. The molecule has 0 saturated heterocycles. The molecule has 1 aromatic heterocycles. The summed E-state index contributed by atoms with van der Waals surface area (Å²) in [6.45, 7) is 4.15. The van der Waals surface area contributed by atoms with E-state index in [-0.39, 0.29) is 5.54 Å². The third-order valence-corrected chi connectivity index (χ3v) is 4.27. The highest BCUT2D eigenvalue weighted by Crippen LogP contribution is 2.23. The van der Waals surface area contributed by atoms with E-state index in [1.54, 1.807) is 11.3 Å². The summed E-state index contributed by atoms with van der Waals surface area (Å²) >= 11 is 1.63. The molecule has 1 heterocycles. The van der Waals surface area contributed by atoms with Gasteiger partial charge in [-0.05, 0) is 26.7 Å². The zero-order valence-electron chi connectivity index (χ0n) is 10.9. The van der Waals surface area contributed by atoms with Gasteiger partial charge in [-0.25, -0.2) is 15.8 Å². The Bertz CT molecular complexity index is 393. The highest BCUT2D eigenvalue weighted by Gasteiger charge is 2.25. The second kappa shape index (κ2) is 5.67. The van der Waals surface area contributed by atoms with Crippen molar-refractivity contribution < 1.29 is 0 Å². The van der Waals surface area contributed by atoms with Gasteiger partial charge in [0.2, 0.25) is 5.96 Å². The van der Waals surface area contributed by atoms with Crippen molar-refractivity contribution in [3.05, 3.63) is 16.6 Å². The van der Waals surface area contributed by atoms with E-state index in [9.17, 15) is 0 Å². The average Bonchev–Trinajstić information content (AvgIpc) is 3.00. The largest absolute Gasteiger partial charge is 0.344 e. The van der Waals surface area contributed by atoms with E-state index in [4.69, 9.17) is 5.84 Å². The predicted molar refractivity (Wildman–Crippen MR) is 75.3 cm³/mol. The van der Waals surface area contributed by atoms with Gasteiger partial charge >= 0.3 is 0 Å². The van der Waals surface area contributed by atoms with E-state index in [0.29, 0.717) is 12.0 Å². The summed E-state index contributed by atoms with van der Waals surface area (Å²) in [5.41, 5.74) is 2.40. The lowest BCUT2D eigenvalue weighted by atomic mass is 10.1. The van der Waals surface area contributed by atoms with Crippen LogP contribution in [0.5, 0.6) is 0 Å². The van der Waals surface area contributed by atoms with Gasteiger partial charge in [0, 0.05) is 11.6 Å². The summed E-state index contributed by atoms with van der Waals surface area (Å²) in [6, 6.07) is 0.399. The van der Waals surface area contributed by atoms with Crippen LogP contribution in [0.25, 0.3) is 0 Å². The van der Waals surface area contributed by atoms with E-state index in [2.05, 4.69) is 34.6 Å². The summed E-state index contributed by atoms with van der Waals surface area (Å²) in [6.07, 6.45) is 6.66. The minimum Gasteiger partial charge on any atom is -0.344 e. The normalized spacial score (nSPS) is 18.1. The zero-order valence-corrected chi connectivity index (χ0v) is 11.8. The first-order chi connectivity index (χ1) is 8.62. The minimum absolute atomic E-state index is 0.266. The summed E-state index contributed by atoms with van der Waals surface area (Å²) in [5.74, 6) is 6.21. The molecule has 1 saturated carbocycles. The Hall–Kier alpha value is -1.14. The molecule has 0 radical (unpaired) electrons. The lowest BCUT2D eigenvalue weighted by Gasteiger charge is -2.26. The Labute approximate surface area is 112 Å². The number of guanidine groups is 1. The van der Waals surface area contributed by atoms with E-state index >= 15 is 0 Å². The number of thiazole rings is 1. The van der Waals surface area contributed by atoms with Gasteiger partial charge in [-0.1, -0.05) is 12.8 Å². The number of rotatable bonds is 3. The van der Waals surface area contributed by atoms with Gasteiger partial charge in [0.25, 0.3) is 0 Å². The van der Waals surface area contributed by atoms with Crippen LogP contribution in [-0.4, -0.2) is 17.0 Å². The number of nitrogens with two attached hydrogens (primary N) is 1. The smallest absolute Gasteiger partial charge is 0.206 e. The third kappa shape index (κ3) is 3.20. The highest BCUT2D eigenvalue weighted by atomic mass is 32.1. The standard InChI is InChI=1S/C12H21N5S/c1-12(2,10-14-7-8-18-10)16-11(17-13)15-9-5-3-4-6-9/h7-9H,3-6,13H2,1-2H3,(H2,15,16,17). The van der Waals surface area contributed by atoms with Crippen LogP contribution < -0.4 is 16.6 Å². The molecule has 0 atom stereocenters. The number of hydrogen-bond acceptors (Lipinski definition) is 4. The first-order valence-electron chi connectivity index (χ1n) is 6.34. The molecule has 0 spiro atoms. The SMILES string of the molecule is CC(C)(NC(=NC1CCCC1)NN)c1nccs1. The number of nitrogens with one attached hydrogen (secondary N) is 2. The van der Waals surface area contributed by atoms with Gasteiger partial charge in [0.1, 0.15) is 5.01 Å². The maximum Gasteiger partial charge on any atom is 0.206 e. The monoisotopic (exact) mass is 267 g/mol. The Kier molecular flexibility index (Phi) is 4.19. The Morgan fingerprint density at radius 2 is 2.22 bits per heavy atom. The van der Waals surface area contributed by atoms with Crippen LogP contribution in [0.3, 0.4) is 0 Å². The summed E-state index contributed by atoms with van der Waals surface area (Å²) in [7, 11) is 0. The van der Waals surface area contributed by atoms with Gasteiger partial charge in [0.15, 0.2) is 0 Å². The fourth-order valence-electron chi connectivity index (χ4n) is 2.20. The molecule has 0 aliphatic heterocycles. The quantitative estimate of drug-likeness (QED) is 0.337. The molecule has 0 aromatic carbocycles. The lowest BCUT2D eigenvalue weighted by molar-refractivity contribution is 0.472. The number of hydrazine groups is 1. The van der Waals surface area contributed by atoms with Crippen molar-refractivity contribution in [1.82, 2.24) is 15.7 Å². The maximum atomic E-state index is 5.55. The van der Waals surface area contributed by atoms with Crippen molar-refractivity contribution in [2.75, 3.05) is 0 Å². The van der Waals surface area contributed by atoms with Gasteiger partial charge in [-0.3, -0.25) is 5.43 Å². The van der Waals surface area contributed by atoms with E-state index in [1.165, 1.54) is 12.8 Å². The molecule has 0 amide bonds. The second-order valence-corrected chi connectivity index (χ2v) is 6.04. The molecule has 1 aromatic rings. The number of aromatic nitrogens is 1. The van der Waals surface area contributed by atoms with Crippen LogP contribution in [0.15, 0.2) is 16.6 Å². The van der Waals surface area contributed by atoms with E-state index < -0.39 is 0 Å². The van der Waals surface area contributed by atoms with E-state index in [0.717, 1.165) is 17.8 Å². The molecular formula is C12H21N5S. The molecule has 5 nitrogen and oxygen atoms in total. The first kappa shape index (κ1) is 13.3. The van der Waals surface area contributed by atoms with Gasteiger partial charge in [-0.15, -0.1) is 11.3 Å². The predicted octanol–water partition coefficient (Wildman–Crippen LogP) is 1.73. The van der Waals surface area contributed by atoms with Gasteiger partial charge in [0.05, 0.1) is 11.6 Å². The molecule has 4 N–H and O–H groups in total. The average molecular weight is 267 g/mol. The van der Waals surface area contributed by atoms with Crippen LogP contribution in [0.1, 0.15) is 44.5 Å². The van der Waals surface area contributed by atoms with Crippen molar-refractivity contribution in [2.45, 2.75) is 51.1 Å². The molecule has 1 aliphatic carbocycles. The van der Waals surface area contributed by atoms with Crippen LogP contribution in [0.2, 0.25) is 0 Å². The maximum absolute atomic E-state index is 5.55. The molecule has 0 bridgehead atoms. The number of aliphatic imine (C=N–C) groups is 1. The fraction of sp³-hybridized carbons (Fsp3) is 0.667. The van der Waals surface area contributed by atoms with Gasteiger partial charge < -0.3 is 5.32 Å². The minimum atomic E-state index is -0.266. The van der Waals surface area contributed by atoms with Crippen molar-refractivity contribution in [3.8, 4) is 0 Å². The molecule has 100 valence electrons. The van der Waals surface area contributed by atoms with Crippen LogP contribution >= 0.6 is 11.3 Å². The summed E-state index contributed by atoms with van der Waals surface area (Å²) in [4.78, 5) is 8.97. The first-order valence-corrected chi connectivity index (χ1v) is 7.22. The summed E-state index contributed by atoms with van der Waals surface area (Å²) in [5, 5.41) is 6.33. The molecule has 6 heteroatoms. The van der Waals surface area contributed by atoms with Crippen LogP contribution in [0, 0.1) is 0 Å². The van der Waals surface area contributed by atoms with Crippen molar-refractivity contribution in [2.24, 2.45) is 10.8 Å². The topological polar surface area (TPSA) is 75.3 Å². The second-order valence-electron chi connectivity index (χ2n) is 5.15. The number of hydrogen-bond donors (Lipinski definition) is 3. The van der Waals surface area contributed by atoms with Crippen LogP contribution in [-0.2, 0) is 5.54 Å². The fourth-order valence-corrected chi connectivity index (χ4v) is 2.92. The molecule has 2 rings (SSSR count). The van der Waals surface area contributed by atoms with Crippen molar-refractivity contribution in [1.29, 1.82) is 0 Å². The molecular weight excluding hydrogens is 246 g/mol. The van der Waals surface area contributed by atoms with Crippen molar-refractivity contribution in [3.63, 3.8) is 0 Å². The Balaban J connectivity index is 2.05. The Morgan fingerprint density at radius 1 is 1.50 bits per heavy atom. The van der Waals surface area contributed by atoms with Gasteiger partial charge in [-0.2, -0.15) is 0 Å². The Morgan fingerprint density at radius 3 is 2.78 bits per heavy atom. The van der Waals surface area contributed by atoms with E-state index in [1.807, 2.05) is 11.6 Å². The molecule has 1 aliphatic rings. The molecule has 1 fully saturated rings. The molecule has 0 unspecified atom stereocenters. The number of nitrogens with zero attached hydrogens (tertiary/aromatic N) is 2. The third-order valence-electron chi connectivity index (χ3n) is 3.17. The van der Waals surface area contributed by atoms with Crippen molar-refractivity contribution >= 4 is 17.3 Å².